The second-order valence-electron chi connectivity index (χ2n) is 4.79. The van der Waals surface area contributed by atoms with Crippen molar-refractivity contribution in [2.75, 3.05) is 0 Å². The fraction of sp³-hybridized carbons (Fsp3) is 0.875. The molecule has 0 aliphatic heterocycles. The van der Waals surface area contributed by atoms with Crippen molar-refractivity contribution in [2.24, 2.45) is 5.41 Å². The predicted octanol–water partition coefficient (Wildman–Crippen LogP) is 2.37. The fourth-order valence-corrected chi connectivity index (χ4v) is 1.11. The van der Waals surface area contributed by atoms with Gasteiger partial charge in [-0.3, -0.25) is 0 Å². The lowest BCUT2D eigenvalue weighted by molar-refractivity contribution is -0.294. The van der Waals surface area contributed by atoms with Crippen LogP contribution in [0.2, 0.25) is 0 Å². The molecule has 0 saturated heterocycles. The third kappa shape index (κ3) is 2.89. The monoisotopic (exact) mass is 258 g/mol. The van der Waals surface area contributed by atoms with Gasteiger partial charge < -0.3 is 0 Å². The molecule has 0 unspecified atom stereocenters. The van der Waals surface area contributed by atoms with Gasteiger partial charge in [0, 0.05) is 6.54 Å². The van der Waals surface area contributed by atoms with Crippen LogP contribution in [0.3, 0.4) is 0 Å². The first-order valence-corrected chi connectivity index (χ1v) is 4.66. The summed E-state index contributed by atoms with van der Waals surface area (Å²) in [5, 5.41) is 8.80. The summed E-state index contributed by atoms with van der Waals surface area (Å²) >= 11 is 0. The van der Waals surface area contributed by atoms with E-state index in [2.05, 4.69) is 15.5 Å². The molecule has 4 nitrogen and oxygen atoms in total. The van der Waals surface area contributed by atoms with Gasteiger partial charge in [-0.15, -0.1) is 5.10 Å². The van der Waals surface area contributed by atoms with Gasteiger partial charge >= 0.3 is 12.1 Å². The van der Waals surface area contributed by atoms with Crippen LogP contribution in [0.4, 0.5) is 22.0 Å². The molecule has 17 heavy (non-hydrogen) atoms. The van der Waals surface area contributed by atoms with Gasteiger partial charge in [-0.2, -0.15) is 22.0 Å². The zero-order valence-corrected chi connectivity index (χ0v) is 9.39. The molecule has 0 N–H and O–H groups in total. The second kappa shape index (κ2) is 3.88. The molecule has 0 spiro atoms. The number of halogens is 5. The van der Waals surface area contributed by atoms with Crippen LogP contribution in [0.25, 0.3) is 0 Å². The highest BCUT2D eigenvalue weighted by molar-refractivity contribution is 4.98. The molecule has 0 aliphatic rings. The van der Waals surface area contributed by atoms with E-state index in [1.54, 1.807) is 20.8 Å². The number of hydrogen-bond acceptors (Lipinski definition) is 3. The van der Waals surface area contributed by atoms with Gasteiger partial charge in [-0.25, -0.2) is 4.68 Å². The molecule has 1 aromatic rings. The number of tetrazole rings is 1. The normalized spacial score (nSPS) is 14.1. The highest BCUT2D eigenvalue weighted by Crippen LogP contribution is 2.42. The Labute approximate surface area is 93.8 Å². The van der Waals surface area contributed by atoms with Crippen molar-refractivity contribution in [1.82, 2.24) is 20.2 Å². The van der Waals surface area contributed by atoms with E-state index in [0.717, 1.165) is 0 Å². The van der Waals surface area contributed by atoms with Crippen LogP contribution >= 0.6 is 0 Å². The predicted molar refractivity (Wildman–Crippen MR) is 47.2 cm³/mol. The molecule has 0 amide bonds. The first-order chi connectivity index (χ1) is 7.45. The molecule has 9 heteroatoms. The van der Waals surface area contributed by atoms with Gasteiger partial charge in [-0.05, 0) is 15.8 Å². The maximum absolute atomic E-state index is 13.0. The van der Waals surface area contributed by atoms with Crippen LogP contribution in [0.1, 0.15) is 26.6 Å². The molecule has 0 saturated carbocycles. The van der Waals surface area contributed by atoms with Crippen LogP contribution < -0.4 is 0 Å². The quantitative estimate of drug-likeness (QED) is 0.765. The van der Waals surface area contributed by atoms with Crippen molar-refractivity contribution >= 4 is 0 Å². The van der Waals surface area contributed by atoms with Crippen LogP contribution in [-0.2, 0) is 12.5 Å². The minimum absolute atomic E-state index is 0.138. The lowest BCUT2D eigenvalue weighted by Gasteiger charge is -2.22. The number of hydrogen-bond donors (Lipinski definition) is 0. The molecule has 0 aromatic carbocycles. The SMILES string of the molecule is CC(C)(C)Cn1nnnc1C(F)(F)C(F)(F)F. The number of alkyl halides is 5. The summed E-state index contributed by atoms with van der Waals surface area (Å²) < 4.78 is 63.0. The van der Waals surface area contributed by atoms with Crippen LogP contribution in [0.5, 0.6) is 0 Å². The number of aromatic nitrogens is 4. The summed E-state index contributed by atoms with van der Waals surface area (Å²) in [7, 11) is 0. The van der Waals surface area contributed by atoms with Gasteiger partial charge in [0.1, 0.15) is 0 Å². The largest absolute Gasteiger partial charge is 0.461 e. The van der Waals surface area contributed by atoms with E-state index in [9.17, 15) is 22.0 Å². The highest BCUT2D eigenvalue weighted by atomic mass is 19.4. The topological polar surface area (TPSA) is 43.6 Å². The average molecular weight is 258 g/mol. The molecule has 0 fully saturated rings. The molecule has 0 aliphatic carbocycles. The minimum Gasteiger partial charge on any atom is -0.223 e. The van der Waals surface area contributed by atoms with E-state index in [4.69, 9.17) is 0 Å². The first-order valence-electron chi connectivity index (χ1n) is 4.66. The van der Waals surface area contributed by atoms with Crippen LogP contribution in [-0.4, -0.2) is 26.4 Å². The molecular weight excluding hydrogens is 247 g/mol. The van der Waals surface area contributed by atoms with E-state index in [0.29, 0.717) is 4.68 Å². The van der Waals surface area contributed by atoms with Gasteiger partial charge in [0.2, 0.25) is 5.82 Å². The zero-order valence-electron chi connectivity index (χ0n) is 9.39. The van der Waals surface area contributed by atoms with Crippen LogP contribution in [0, 0.1) is 5.41 Å². The van der Waals surface area contributed by atoms with Crippen molar-refractivity contribution < 1.29 is 22.0 Å². The number of rotatable bonds is 2. The second-order valence-corrected chi connectivity index (χ2v) is 4.79. The highest BCUT2D eigenvalue weighted by Gasteiger charge is 2.62. The Bertz CT molecular complexity index is 389. The summed E-state index contributed by atoms with van der Waals surface area (Å²) in [6, 6.07) is 0. The standard InChI is InChI=1S/C8H11F5N4/c1-6(2,3)4-17-5(14-15-16-17)7(9,10)8(11,12)13/h4H2,1-3H3. The lowest BCUT2D eigenvalue weighted by atomic mass is 9.97. The molecule has 1 rings (SSSR count). The summed E-state index contributed by atoms with van der Waals surface area (Å²) in [6.07, 6.45) is -5.71. The minimum atomic E-state index is -5.71. The third-order valence-electron chi connectivity index (χ3n) is 1.79. The van der Waals surface area contributed by atoms with Gasteiger partial charge in [0.25, 0.3) is 0 Å². The smallest absolute Gasteiger partial charge is 0.223 e. The molecule has 1 aromatic heterocycles. The van der Waals surface area contributed by atoms with Crippen molar-refractivity contribution in [3.8, 4) is 0 Å². The Morgan fingerprint density at radius 2 is 1.59 bits per heavy atom. The summed E-state index contributed by atoms with van der Waals surface area (Å²) in [5.41, 5.74) is -0.522. The maximum Gasteiger partial charge on any atom is 0.461 e. The van der Waals surface area contributed by atoms with Crippen molar-refractivity contribution in [3.05, 3.63) is 5.82 Å². The van der Waals surface area contributed by atoms with Crippen molar-refractivity contribution in [1.29, 1.82) is 0 Å². The first kappa shape index (κ1) is 13.8. The fourth-order valence-electron chi connectivity index (χ4n) is 1.11. The Morgan fingerprint density at radius 1 is 1.06 bits per heavy atom. The summed E-state index contributed by atoms with van der Waals surface area (Å²) in [4.78, 5) is 0. The molecule has 98 valence electrons. The van der Waals surface area contributed by atoms with Crippen molar-refractivity contribution in [2.45, 2.75) is 39.4 Å². The molecule has 0 atom stereocenters. The molecule has 0 bridgehead atoms. The number of nitrogens with zero attached hydrogens (tertiary/aromatic N) is 4. The Hall–Kier alpha value is -1.28. The van der Waals surface area contributed by atoms with E-state index in [1.807, 2.05) is 0 Å². The molecule has 0 radical (unpaired) electrons. The maximum atomic E-state index is 13.0. The van der Waals surface area contributed by atoms with E-state index < -0.39 is 23.3 Å². The van der Waals surface area contributed by atoms with Gasteiger partial charge in [-0.1, -0.05) is 20.8 Å². The Balaban J connectivity index is 3.13. The zero-order chi connectivity index (χ0) is 13.5. The molecular formula is C8H11F5N4. The van der Waals surface area contributed by atoms with Gasteiger partial charge in [0.05, 0.1) is 0 Å². The Kier molecular flexibility index (Phi) is 3.15. The van der Waals surface area contributed by atoms with Crippen molar-refractivity contribution in [3.63, 3.8) is 0 Å². The average Bonchev–Trinajstić information content (AvgIpc) is 2.46. The van der Waals surface area contributed by atoms with E-state index in [-0.39, 0.29) is 6.54 Å². The van der Waals surface area contributed by atoms with E-state index in [1.165, 1.54) is 0 Å². The van der Waals surface area contributed by atoms with Crippen LogP contribution in [0.15, 0.2) is 0 Å². The van der Waals surface area contributed by atoms with E-state index >= 15 is 0 Å². The molecule has 1 heterocycles. The third-order valence-corrected chi connectivity index (χ3v) is 1.79. The lowest BCUT2D eigenvalue weighted by Crippen LogP contribution is -2.37. The summed E-state index contributed by atoms with van der Waals surface area (Å²) in [6.45, 7) is 4.87. The van der Waals surface area contributed by atoms with Gasteiger partial charge in [0.15, 0.2) is 0 Å². The Morgan fingerprint density at radius 3 is 2.00 bits per heavy atom. The summed E-state index contributed by atoms with van der Waals surface area (Å²) in [5.74, 6) is -6.54.